The average Bonchev–Trinajstić information content (AvgIpc) is 2.89. The monoisotopic (exact) mass is 240 g/mol. The SMILES string of the molecule is NCc1ccccc1Oc1nccn2nccc12. The van der Waals surface area contributed by atoms with Crippen molar-refractivity contribution in [3.05, 3.63) is 54.5 Å². The van der Waals surface area contributed by atoms with Gasteiger partial charge in [0.15, 0.2) is 0 Å². The first kappa shape index (κ1) is 10.7. The molecule has 0 unspecified atom stereocenters. The van der Waals surface area contributed by atoms with E-state index < -0.39 is 0 Å². The number of rotatable bonds is 3. The van der Waals surface area contributed by atoms with Crippen molar-refractivity contribution in [1.82, 2.24) is 14.6 Å². The highest BCUT2D eigenvalue weighted by Gasteiger charge is 2.08. The van der Waals surface area contributed by atoms with E-state index in [-0.39, 0.29) is 0 Å². The summed E-state index contributed by atoms with van der Waals surface area (Å²) in [5, 5.41) is 4.14. The Morgan fingerprint density at radius 1 is 1.17 bits per heavy atom. The summed E-state index contributed by atoms with van der Waals surface area (Å²) in [6, 6.07) is 9.51. The van der Waals surface area contributed by atoms with Gasteiger partial charge in [-0.15, -0.1) is 0 Å². The Labute approximate surface area is 104 Å². The molecule has 3 aromatic rings. The van der Waals surface area contributed by atoms with Crippen molar-refractivity contribution < 1.29 is 4.74 Å². The van der Waals surface area contributed by atoms with E-state index in [9.17, 15) is 0 Å². The zero-order chi connectivity index (χ0) is 12.4. The van der Waals surface area contributed by atoms with Gasteiger partial charge < -0.3 is 10.5 Å². The summed E-state index contributed by atoms with van der Waals surface area (Å²) in [4.78, 5) is 4.23. The molecule has 0 saturated heterocycles. The molecule has 18 heavy (non-hydrogen) atoms. The van der Waals surface area contributed by atoms with Crippen molar-refractivity contribution in [1.29, 1.82) is 0 Å². The molecule has 1 aromatic carbocycles. The van der Waals surface area contributed by atoms with Gasteiger partial charge in [-0.2, -0.15) is 5.10 Å². The summed E-state index contributed by atoms with van der Waals surface area (Å²) in [5.41, 5.74) is 7.45. The number of hydrogen-bond acceptors (Lipinski definition) is 4. The van der Waals surface area contributed by atoms with E-state index in [2.05, 4.69) is 10.1 Å². The molecule has 0 radical (unpaired) electrons. The number of aromatic nitrogens is 3. The van der Waals surface area contributed by atoms with E-state index in [0.717, 1.165) is 16.8 Å². The van der Waals surface area contributed by atoms with Gasteiger partial charge >= 0.3 is 0 Å². The first-order valence-electron chi connectivity index (χ1n) is 5.62. The summed E-state index contributed by atoms with van der Waals surface area (Å²) in [6.07, 6.45) is 5.14. The van der Waals surface area contributed by atoms with Crippen LogP contribution in [-0.4, -0.2) is 14.6 Å². The molecule has 0 amide bonds. The van der Waals surface area contributed by atoms with Gasteiger partial charge in [-0.25, -0.2) is 9.50 Å². The second-order valence-corrected chi connectivity index (χ2v) is 3.81. The molecular formula is C13H12N4O. The predicted molar refractivity (Wildman–Crippen MR) is 67.4 cm³/mol. The minimum atomic E-state index is 0.429. The first-order chi connectivity index (χ1) is 8.88. The van der Waals surface area contributed by atoms with Crippen LogP contribution >= 0.6 is 0 Å². The molecule has 0 atom stereocenters. The third-order valence-corrected chi connectivity index (χ3v) is 2.69. The smallest absolute Gasteiger partial charge is 0.245 e. The lowest BCUT2D eigenvalue weighted by Crippen LogP contribution is -2.00. The van der Waals surface area contributed by atoms with Crippen molar-refractivity contribution >= 4 is 5.52 Å². The Morgan fingerprint density at radius 2 is 2.06 bits per heavy atom. The van der Waals surface area contributed by atoms with Crippen molar-refractivity contribution in [3.63, 3.8) is 0 Å². The van der Waals surface area contributed by atoms with Crippen LogP contribution in [0.2, 0.25) is 0 Å². The number of benzene rings is 1. The highest BCUT2D eigenvalue weighted by molar-refractivity contribution is 5.56. The zero-order valence-electron chi connectivity index (χ0n) is 9.65. The molecule has 3 rings (SSSR count). The summed E-state index contributed by atoms with van der Waals surface area (Å²) >= 11 is 0. The third-order valence-electron chi connectivity index (χ3n) is 2.69. The number of nitrogens with zero attached hydrogens (tertiary/aromatic N) is 3. The van der Waals surface area contributed by atoms with Crippen LogP contribution in [-0.2, 0) is 6.54 Å². The van der Waals surface area contributed by atoms with Crippen molar-refractivity contribution in [2.24, 2.45) is 5.73 Å². The number of fused-ring (bicyclic) bond motifs is 1. The highest BCUT2D eigenvalue weighted by Crippen LogP contribution is 2.26. The molecule has 0 bridgehead atoms. The fourth-order valence-electron chi connectivity index (χ4n) is 1.79. The predicted octanol–water partition coefficient (Wildman–Crippen LogP) is 1.98. The lowest BCUT2D eigenvalue weighted by Gasteiger charge is -2.09. The topological polar surface area (TPSA) is 65.4 Å². The Morgan fingerprint density at radius 3 is 2.94 bits per heavy atom. The molecule has 2 heterocycles. The van der Waals surface area contributed by atoms with Gasteiger partial charge in [0.05, 0.1) is 6.20 Å². The average molecular weight is 240 g/mol. The van der Waals surface area contributed by atoms with Crippen LogP contribution in [0, 0.1) is 0 Å². The Kier molecular flexibility index (Phi) is 2.66. The highest BCUT2D eigenvalue weighted by atomic mass is 16.5. The van der Waals surface area contributed by atoms with Gasteiger partial charge in [0.1, 0.15) is 11.3 Å². The van der Waals surface area contributed by atoms with Crippen LogP contribution in [0.4, 0.5) is 0 Å². The minimum absolute atomic E-state index is 0.429. The van der Waals surface area contributed by atoms with E-state index in [1.807, 2.05) is 30.3 Å². The van der Waals surface area contributed by atoms with Gasteiger partial charge in [-0.3, -0.25) is 0 Å². The molecule has 0 saturated carbocycles. The summed E-state index contributed by atoms with van der Waals surface area (Å²) in [6.45, 7) is 0.429. The maximum absolute atomic E-state index is 5.82. The van der Waals surface area contributed by atoms with Crippen molar-refractivity contribution in [3.8, 4) is 11.6 Å². The number of hydrogen-bond donors (Lipinski definition) is 1. The van der Waals surface area contributed by atoms with Gasteiger partial charge in [0.25, 0.3) is 0 Å². The van der Waals surface area contributed by atoms with E-state index >= 15 is 0 Å². The first-order valence-corrected chi connectivity index (χ1v) is 5.62. The molecule has 5 heteroatoms. The van der Waals surface area contributed by atoms with Crippen LogP contribution in [0.15, 0.2) is 48.9 Å². The van der Waals surface area contributed by atoms with Crippen LogP contribution < -0.4 is 10.5 Å². The van der Waals surface area contributed by atoms with Crippen LogP contribution in [0.25, 0.3) is 5.52 Å². The Balaban J connectivity index is 2.04. The standard InChI is InChI=1S/C13H12N4O/c14-9-10-3-1-2-4-12(10)18-13-11-5-6-16-17(11)8-7-15-13/h1-8H,9,14H2. The molecule has 2 aromatic heterocycles. The number of ether oxygens (including phenoxy) is 1. The quantitative estimate of drug-likeness (QED) is 0.760. The maximum atomic E-state index is 5.82. The van der Waals surface area contributed by atoms with Gasteiger partial charge in [0.2, 0.25) is 5.88 Å². The van der Waals surface area contributed by atoms with E-state index in [1.165, 1.54) is 0 Å². The fourth-order valence-corrected chi connectivity index (χ4v) is 1.79. The minimum Gasteiger partial charge on any atom is -0.437 e. The molecule has 0 aliphatic carbocycles. The lowest BCUT2D eigenvalue weighted by molar-refractivity contribution is 0.460. The summed E-state index contributed by atoms with van der Waals surface area (Å²) in [5.74, 6) is 1.25. The maximum Gasteiger partial charge on any atom is 0.245 e. The summed E-state index contributed by atoms with van der Waals surface area (Å²) in [7, 11) is 0. The second-order valence-electron chi connectivity index (χ2n) is 3.81. The van der Waals surface area contributed by atoms with Crippen LogP contribution in [0.3, 0.4) is 0 Å². The van der Waals surface area contributed by atoms with Gasteiger partial charge in [-0.05, 0) is 12.1 Å². The van der Waals surface area contributed by atoms with Gasteiger partial charge in [0, 0.05) is 24.5 Å². The van der Waals surface area contributed by atoms with E-state index in [1.54, 1.807) is 23.1 Å². The zero-order valence-corrected chi connectivity index (χ0v) is 9.65. The normalized spacial score (nSPS) is 10.7. The summed E-state index contributed by atoms with van der Waals surface area (Å²) < 4.78 is 7.54. The molecule has 5 nitrogen and oxygen atoms in total. The largest absolute Gasteiger partial charge is 0.437 e. The molecule has 90 valence electrons. The van der Waals surface area contributed by atoms with Crippen molar-refractivity contribution in [2.75, 3.05) is 0 Å². The molecule has 0 spiro atoms. The Bertz CT molecular complexity index is 677. The number of nitrogens with two attached hydrogens (primary N) is 1. The van der Waals surface area contributed by atoms with E-state index in [4.69, 9.17) is 10.5 Å². The molecule has 0 aliphatic heterocycles. The third kappa shape index (κ3) is 1.80. The molecular weight excluding hydrogens is 228 g/mol. The molecule has 0 fully saturated rings. The number of para-hydroxylation sites is 1. The van der Waals surface area contributed by atoms with Gasteiger partial charge in [-0.1, -0.05) is 18.2 Å². The van der Waals surface area contributed by atoms with Crippen molar-refractivity contribution in [2.45, 2.75) is 6.54 Å². The van der Waals surface area contributed by atoms with Crippen LogP contribution in [0.1, 0.15) is 5.56 Å². The lowest BCUT2D eigenvalue weighted by atomic mass is 10.2. The Hall–Kier alpha value is -2.40. The second kappa shape index (κ2) is 4.46. The molecule has 2 N–H and O–H groups in total. The molecule has 0 aliphatic rings. The fraction of sp³-hybridized carbons (Fsp3) is 0.0769. The van der Waals surface area contributed by atoms with Crippen LogP contribution in [0.5, 0.6) is 11.6 Å². The van der Waals surface area contributed by atoms with E-state index in [0.29, 0.717) is 12.4 Å².